The molecule has 0 bridgehead atoms. The molecule has 2 rings (SSSR count). The van der Waals surface area contributed by atoms with Crippen LogP contribution in [0, 0.1) is 6.92 Å². The van der Waals surface area contributed by atoms with Crippen molar-refractivity contribution in [2.75, 3.05) is 13.2 Å². The third kappa shape index (κ3) is 13.2. The number of carbonyl (C=O) groups excluding carboxylic acids is 3. The lowest BCUT2D eigenvalue weighted by molar-refractivity contribution is -0.140. The number of hydrogen-bond acceptors (Lipinski definition) is 8. The summed E-state index contributed by atoms with van der Waals surface area (Å²) < 4.78 is 0. The molecule has 0 spiro atoms. The third-order valence-corrected chi connectivity index (χ3v) is 4.52. The molecule has 0 fully saturated rings. The number of carbonyl (C=O) groups is 3. The Morgan fingerprint density at radius 2 is 1.61 bits per heavy atom. The highest BCUT2D eigenvalue weighted by Gasteiger charge is 2.28. The fourth-order valence-corrected chi connectivity index (χ4v) is 2.21. The number of aliphatic hydroxyl groups is 2. The summed E-state index contributed by atoms with van der Waals surface area (Å²) in [6.45, 7) is 5.94. The molecule has 180 valence electrons. The third-order valence-electron chi connectivity index (χ3n) is 4.22. The maximum absolute atomic E-state index is 11.9. The minimum Gasteiger partial charge on any atom is -0.394 e. The molecule has 0 aliphatic carbocycles. The largest absolute Gasteiger partial charge is 0.394 e. The zero-order valence-corrected chi connectivity index (χ0v) is 20.2. The summed E-state index contributed by atoms with van der Waals surface area (Å²) in [5.41, 5.74) is 0.978. The van der Waals surface area contributed by atoms with Crippen molar-refractivity contribution in [3.8, 4) is 0 Å². The van der Waals surface area contributed by atoms with E-state index in [1.807, 2.05) is 18.2 Å². The van der Waals surface area contributed by atoms with Gasteiger partial charge in [-0.25, -0.2) is 4.79 Å². The van der Waals surface area contributed by atoms with Crippen LogP contribution in [0.4, 0.5) is 0 Å². The molecule has 0 heterocycles. The van der Waals surface area contributed by atoms with Crippen LogP contribution < -0.4 is 5.32 Å². The van der Waals surface area contributed by atoms with Gasteiger partial charge in [0.25, 0.3) is 5.91 Å². The lowest BCUT2D eigenvalue weighted by atomic mass is 9.98. The highest BCUT2D eigenvalue weighted by molar-refractivity contribution is 7.80. The highest BCUT2D eigenvalue weighted by Crippen LogP contribution is 2.12. The van der Waals surface area contributed by atoms with E-state index in [0.29, 0.717) is 18.3 Å². The van der Waals surface area contributed by atoms with Crippen LogP contribution in [-0.4, -0.2) is 52.8 Å². The Hall–Kier alpha value is -3.01. The van der Waals surface area contributed by atoms with Crippen LogP contribution >= 0.6 is 12.6 Å². The number of nitrogens with zero attached hydrogens (tertiary/aromatic N) is 1. The number of thiol groups is 1. The van der Waals surface area contributed by atoms with Crippen LogP contribution in [0.5, 0.6) is 0 Å². The summed E-state index contributed by atoms with van der Waals surface area (Å²) in [6, 6.07) is 17.0. The quantitative estimate of drug-likeness (QED) is 0.160. The van der Waals surface area contributed by atoms with E-state index in [4.69, 9.17) is 0 Å². The van der Waals surface area contributed by atoms with Gasteiger partial charge in [-0.15, -0.1) is 12.6 Å². The Morgan fingerprint density at radius 1 is 1.06 bits per heavy atom. The number of rotatable bonds is 7. The van der Waals surface area contributed by atoms with Crippen molar-refractivity contribution in [3.63, 3.8) is 0 Å². The van der Waals surface area contributed by atoms with E-state index < -0.39 is 11.5 Å². The van der Waals surface area contributed by atoms with Gasteiger partial charge in [0.1, 0.15) is 5.71 Å². The number of hydrogen-bond donors (Lipinski definition) is 4. The molecule has 1 amide bonds. The smallest absolute Gasteiger partial charge is 0.331 e. The normalized spacial score (nSPS) is 10.6. The average molecular weight is 477 g/mol. The first kappa shape index (κ1) is 30.0. The fraction of sp³-hybridized carbons (Fsp3) is 0.333. The Labute approximate surface area is 200 Å². The van der Waals surface area contributed by atoms with Gasteiger partial charge in [-0.05, 0) is 44.5 Å². The van der Waals surface area contributed by atoms with Gasteiger partial charge in [0, 0.05) is 17.4 Å². The molecule has 2 aromatic rings. The molecule has 0 saturated carbocycles. The molecule has 3 N–H and O–H groups in total. The zero-order chi connectivity index (χ0) is 25.3. The van der Waals surface area contributed by atoms with Gasteiger partial charge in [0.05, 0.1) is 18.8 Å². The number of aryl methyl sites for hydroxylation is 1. The zero-order valence-electron chi connectivity index (χ0n) is 19.3. The standard InChI is InChI=1S/C12H17NO3S.C7H8.C5H7NO3/c1-2-12(7-14,8-15)13-11(16)9-3-5-10(17)6-4-9;1-7-5-3-2-4-6-7;1-4(3-7)6-9-5(2)8/h3-6,14-15,17H,2,7-8H2,1H3,(H,13,16);2-6H,1H3;3H,1-2H3/b;;6-4+. The van der Waals surface area contributed by atoms with Crippen molar-refractivity contribution in [3.05, 3.63) is 65.7 Å². The van der Waals surface area contributed by atoms with E-state index in [9.17, 15) is 24.6 Å². The van der Waals surface area contributed by atoms with Crippen LogP contribution in [0.1, 0.15) is 43.1 Å². The van der Waals surface area contributed by atoms with Gasteiger partial charge < -0.3 is 20.4 Å². The molecule has 2 aromatic carbocycles. The second kappa shape index (κ2) is 16.6. The molecule has 8 nitrogen and oxygen atoms in total. The molecule has 0 radical (unpaired) electrons. The SMILES string of the molecule is CC(=O)O/N=C(\C)C=O.CCC(CO)(CO)NC(=O)c1ccc(S)cc1.Cc1ccccc1. The topological polar surface area (TPSA) is 125 Å². The number of aldehydes is 1. The minimum atomic E-state index is -0.962. The first-order valence-electron chi connectivity index (χ1n) is 10.1. The van der Waals surface area contributed by atoms with E-state index in [1.54, 1.807) is 31.2 Å². The van der Waals surface area contributed by atoms with E-state index >= 15 is 0 Å². The summed E-state index contributed by atoms with van der Waals surface area (Å²) in [7, 11) is 0. The number of nitrogens with one attached hydrogen (secondary N) is 1. The predicted molar refractivity (Wildman–Crippen MR) is 130 cm³/mol. The first-order valence-corrected chi connectivity index (χ1v) is 10.6. The van der Waals surface area contributed by atoms with Crippen molar-refractivity contribution in [2.45, 2.75) is 44.6 Å². The molecule has 9 heteroatoms. The summed E-state index contributed by atoms with van der Waals surface area (Å²) in [5, 5.41) is 24.3. The maximum Gasteiger partial charge on any atom is 0.331 e. The van der Waals surface area contributed by atoms with Crippen LogP contribution in [0.2, 0.25) is 0 Å². The molecule has 0 saturated heterocycles. The van der Waals surface area contributed by atoms with E-state index in [-0.39, 0.29) is 24.8 Å². The van der Waals surface area contributed by atoms with Crippen LogP contribution in [0.15, 0.2) is 64.6 Å². The summed E-state index contributed by atoms with van der Waals surface area (Å²) in [5.74, 6) is -0.848. The van der Waals surface area contributed by atoms with E-state index in [1.165, 1.54) is 19.4 Å². The molecule has 0 aromatic heterocycles. The van der Waals surface area contributed by atoms with Crippen molar-refractivity contribution in [1.82, 2.24) is 5.32 Å². The summed E-state index contributed by atoms with van der Waals surface area (Å²) >= 11 is 4.13. The van der Waals surface area contributed by atoms with E-state index in [0.717, 1.165) is 4.90 Å². The Balaban J connectivity index is 0.000000533. The summed E-state index contributed by atoms with van der Waals surface area (Å²) in [4.78, 5) is 36.6. The molecule has 33 heavy (non-hydrogen) atoms. The molecule has 0 aliphatic rings. The predicted octanol–water partition coefficient (Wildman–Crippen LogP) is 2.96. The van der Waals surface area contributed by atoms with E-state index in [2.05, 4.69) is 47.0 Å². The van der Waals surface area contributed by atoms with Gasteiger partial charge in [-0.1, -0.05) is 48.0 Å². The first-order chi connectivity index (χ1) is 15.6. The van der Waals surface area contributed by atoms with Gasteiger partial charge in [-0.3, -0.25) is 9.59 Å². The number of oxime groups is 1. The average Bonchev–Trinajstić information content (AvgIpc) is 2.82. The van der Waals surface area contributed by atoms with Crippen molar-refractivity contribution < 1.29 is 29.4 Å². The lowest BCUT2D eigenvalue weighted by Gasteiger charge is -2.29. The number of benzene rings is 2. The van der Waals surface area contributed by atoms with Crippen LogP contribution in [0.3, 0.4) is 0 Å². The number of aliphatic hydroxyl groups excluding tert-OH is 2. The van der Waals surface area contributed by atoms with Gasteiger partial charge in [0.15, 0.2) is 6.29 Å². The summed E-state index contributed by atoms with van der Waals surface area (Å²) in [6.07, 6.45) is 0.958. The van der Waals surface area contributed by atoms with Gasteiger partial charge in [0.2, 0.25) is 0 Å². The van der Waals surface area contributed by atoms with Crippen LogP contribution in [-0.2, 0) is 14.4 Å². The fourth-order valence-electron chi connectivity index (χ4n) is 2.06. The number of amides is 1. The highest BCUT2D eigenvalue weighted by atomic mass is 32.1. The molecule has 0 atom stereocenters. The minimum absolute atomic E-state index is 0.144. The Kier molecular flexibility index (Phi) is 15.1. The van der Waals surface area contributed by atoms with Crippen molar-refractivity contribution in [2.24, 2.45) is 5.16 Å². The second-order valence-corrected chi connectivity index (χ2v) is 7.56. The van der Waals surface area contributed by atoms with Gasteiger partial charge >= 0.3 is 5.97 Å². The van der Waals surface area contributed by atoms with Crippen LogP contribution in [0.25, 0.3) is 0 Å². The molecule has 0 aliphatic heterocycles. The Bertz CT molecular complexity index is 873. The second-order valence-electron chi connectivity index (χ2n) is 7.04. The maximum atomic E-state index is 11.9. The van der Waals surface area contributed by atoms with Crippen molar-refractivity contribution >= 4 is 36.5 Å². The van der Waals surface area contributed by atoms with Crippen molar-refractivity contribution in [1.29, 1.82) is 0 Å². The molecular formula is C24H32N2O6S. The van der Waals surface area contributed by atoms with Gasteiger partial charge in [-0.2, -0.15) is 0 Å². The molecular weight excluding hydrogens is 444 g/mol. The molecule has 0 unspecified atom stereocenters. The monoisotopic (exact) mass is 476 g/mol. The lowest BCUT2D eigenvalue weighted by Crippen LogP contribution is -2.53. The Morgan fingerprint density at radius 3 is 1.97 bits per heavy atom.